The molecule has 1 aromatic rings. The van der Waals surface area contributed by atoms with E-state index in [2.05, 4.69) is 5.32 Å². The predicted octanol–water partition coefficient (Wildman–Crippen LogP) is 1.37. The number of hydrogen-bond donors (Lipinski definition) is 2. The zero-order valence-electron chi connectivity index (χ0n) is 15.2. The molecule has 26 heavy (non-hydrogen) atoms. The highest BCUT2D eigenvalue weighted by molar-refractivity contribution is 6.09. The number of carbonyl (C=O) groups excluding carboxylic acids is 3. The lowest BCUT2D eigenvalue weighted by atomic mass is 9.78. The number of aromatic hydroxyl groups is 1. The van der Waals surface area contributed by atoms with Crippen molar-refractivity contribution in [3.05, 3.63) is 29.8 Å². The summed E-state index contributed by atoms with van der Waals surface area (Å²) in [6.07, 6.45) is 0.332. The minimum absolute atomic E-state index is 0.111. The van der Waals surface area contributed by atoms with Gasteiger partial charge in [0, 0.05) is 12.6 Å². The van der Waals surface area contributed by atoms with E-state index in [1.165, 1.54) is 17.0 Å². The first-order valence-electron chi connectivity index (χ1n) is 9.00. The van der Waals surface area contributed by atoms with E-state index in [-0.39, 0.29) is 30.7 Å². The zero-order chi connectivity index (χ0) is 19.1. The molecule has 3 rings (SSSR count). The highest BCUT2D eigenvalue weighted by Gasteiger charge is 2.67. The van der Waals surface area contributed by atoms with Gasteiger partial charge in [-0.25, -0.2) is 0 Å². The number of phenolic OH excluding ortho intramolecular Hbond substituents is 1. The summed E-state index contributed by atoms with van der Waals surface area (Å²) in [6, 6.07) is 5.96. The maximum Gasteiger partial charge on any atom is 0.327 e. The number of hydrogen-bond acceptors (Lipinski definition) is 6. The quantitative estimate of drug-likeness (QED) is 0.608. The molecule has 2 aliphatic rings. The lowest BCUT2D eigenvalue weighted by Gasteiger charge is -2.31. The van der Waals surface area contributed by atoms with Crippen molar-refractivity contribution in [2.75, 3.05) is 13.2 Å². The van der Waals surface area contributed by atoms with Crippen LogP contribution < -0.4 is 5.32 Å². The second kappa shape index (κ2) is 6.72. The van der Waals surface area contributed by atoms with Gasteiger partial charge in [-0.15, -0.1) is 0 Å². The molecule has 0 saturated carbocycles. The fourth-order valence-electron chi connectivity index (χ4n) is 4.26. The summed E-state index contributed by atoms with van der Waals surface area (Å²) in [7, 11) is 0. The minimum atomic E-state index is -1.24. The Morgan fingerprint density at radius 1 is 1.19 bits per heavy atom. The van der Waals surface area contributed by atoms with Crippen LogP contribution in [-0.2, 0) is 19.1 Å². The van der Waals surface area contributed by atoms with Crippen LogP contribution in [0.4, 0.5) is 0 Å². The van der Waals surface area contributed by atoms with Gasteiger partial charge in [-0.1, -0.05) is 19.1 Å². The topological polar surface area (TPSA) is 95.9 Å². The van der Waals surface area contributed by atoms with Crippen LogP contribution in [0.5, 0.6) is 5.75 Å². The van der Waals surface area contributed by atoms with Crippen molar-refractivity contribution < 1.29 is 24.2 Å². The van der Waals surface area contributed by atoms with E-state index in [4.69, 9.17) is 4.74 Å². The van der Waals surface area contributed by atoms with Crippen LogP contribution in [0.15, 0.2) is 24.3 Å². The van der Waals surface area contributed by atoms with Crippen LogP contribution in [0, 0.1) is 11.8 Å². The third-order valence-electron chi connectivity index (χ3n) is 5.51. The van der Waals surface area contributed by atoms with Gasteiger partial charge in [-0.3, -0.25) is 24.6 Å². The molecule has 2 aliphatic heterocycles. The molecule has 2 amide bonds. The Labute approximate surface area is 152 Å². The van der Waals surface area contributed by atoms with Crippen molar-refractivity contribution in [3.63, 3.8) is 0 Å². The summed E-state index contributed by atoms with van der Waals surface area (Å²) in [5.74, 6) is -2.45. The molecule has 0 aromatic heterocycles. The Kier molecular flexibility index (Phi) is 4.75. The molecule has 0 radical (unpaired) electrons. The molecule has 0 aliphatic carbocycles. The summed E-state index contributed by atoms with van der Waals surface area (Å²) in [6.45, 7) is 5.74. The number of esters is 1. The van der Waals surface area contributed by atoms with Crippen LogP contribution >= 0.6 is 0 Å². The lowest BCUT2D eigenvalue weighted by Crippen LogP contribution is -2.56. The van der Waals surface area contributed by atoms with Crippen molar-refractivity contribution in [1.82, 2.24) is 10.2 Å². The molecule has 0 unspecified atom stereocenters. The average molecular weight is 360 g/mol. The number of fused-ring (bicyclic) bond motifs is 1. The highest BCUT2D eigenvalue weighted by atomic mass is 16.5. The minimum Gasteiger partial charge on any atom is -0.508 e. The second-order valence-corrected chi connectivity index (χ2v) is 6.68. The number of amides is 2. The number of nitrogens with one attached hydrogen (secondary N) is 1. The van der Waals surface area contributed by atoms with Crippen LogP contribution in [0.3, 0.4) is 0 Å². The molecule has 140 valence electrons. The molecule has 0 spiro atoms. The number of likely N-dealkylation sites (tertiary alicyclic amines) is 1. The number of carbonyl (C=O) groups is 3. The van der Waals surface area contributed by atoms with Crippen molar-refractivity contribution in [2.24, 2.45) is 11.8 Å². The van der Waals surface area contributed by atoms with E-state index in [0.29, 0.717) is 6.42 Å². The van der Waals surface area contributed by atoms with Gasteiger partial charge in [0.2, 0.25) is 11.8 Å². The molecule has 2 saturated heterocycles. The van der Waals surface area contributed by atoms with Crippen LogP contribution in [0.2, 0.25) is 0 Å². The van der Waals surface area contributed by atoms with Gasteiger partial charge in [-0.05, 0) is 38.0 Å². The van der Waals surface area contributed by atoms with Crippen molar-refractivity contribution in [3.8, 4) is 5.75 Å². The van der Waals surface area contributed by atoms with E-state index in [1.807, 2.05) is 6.92 Å². The number of phenols is 1. The summed E-state index contributed by atoms with van der Waals surface area (Å²) >= 11 is 0. The van der Waals surface area contributed by atoms with Crippen molar-refractivity contribution in [1.29, 1.82) is 0 Å². The third kappa shape index (κ3) is 2.49. The van der Waals surface area contributed by atoms with E-state index in [9.17, 15) is 19.5 Å². The summed E-state index contributed by atoms with van der Waals surface area (Å²) < 4.78 is 5.26. The molecular weight excluding hydrogens is 336 g/mol. The Morgan fingerprint density at radius 2 is 1.85 bits per heavy atom. The maximum atomic E-state index is 13.0. The number of rotatable bonds is 5. The predicted molar refractivity (Wildman–Crippen MR) is 93.0 cm³/mol. The first-order valence-corrected chi connectivity index (χ1v) is 9.00. The Hall–Kier alpha value is -2.41. The fourth-order valence-corrected chi connectivity index (χ4v) is 4.26. The van der Waals surface area contributed by atoms with E-state index in [1.54, 1.807) is 26.0 Å². The molecule has 2 N–H and O–H groups in total. The van der Waals surface area contributed by atoms with Gasteiger partial charge < -0.3 is 9.84 Å². The Balaban J connectivity index is 2.11. The molecule has 7 nitrogen and oxygen atoms in total. The van der Waals surface area contributed by atoms with Gasteiger partial charge in [0.1, 0.15) is 11.3 Å². The normalized spacial score (nSPS) is 30.6. The van der Waals surface area contributed by atoms with Crippen molar-refractivity contribution >= 4 is 17.8 Å². The SMILES string of the molecule is CCOC(=O)[C@]1(CC)N[C@@H](c2ccc(O)cc2)[C@H]2C(=O)N(CC)C(=O)[C@@H]21. The van der Waals surface area contributed by atoms with E-state index in [0.717, 1.165) is 5.56 Å². The lowest BCUT2D eigenvalue weighted by molar-refractivity contribution is -0.156. The third-order valence-corrected chi connectivity index (χ3v) is 5.51. The molecule has 0 bridgehead atoms. The highest BCUT2D eigenvalue weighted by Crippen LogP contribution is 2.50. The van der Waals surface area contributed by atoms with Crippen LogP contribution in [-0.4, -0.2) is 46.5 Å². The smallest absolute Gasteiger partial charge is 0.327 e. The second-order valence-electron chi connectivity index (χ2n) is 6.68. The number of nitrogens with zero attached hydrogens (tertiary/aromatic N) is 1. The van der Waals surface area contributed by atoms with Gasteiger partial charge in [-0.2, -0.15) is 0 Å². The summed E-state index contributed by atoms with van der Waals surface area (Å²) in [5.41, 5.74) is -0.489. The molecule has 4 atom stereocenters. The van der Waals surface area contributed by atoms with Crippen molar-refractivity contribution in [2.45, 2.75) is 38.8 Å². The number of ether oxygens (including phenoxy) is 1. The van der Waals surface area contributed by atoms with Gasteiger partial charge in [0.05, 0.1) is 18.4 Å². The number of benzene rings is 1. The monoisotopic (exact) mass is 360 g/mol. The summed E-state index contributed by atoms with van der Waals surface area (Å²) in [4.78, 5) is 39.9. The molecular formula is C19H24N2O5. The number of imide groups is 1. The molecule has 2 heterocycles. The Morgan fingerprint density at radius 3 is 2.38 bits per heavy atom. The van der Waals surface area contributed by atoms with E-state index < -0.39 is 29.4 Å². The molecule has 1 aromatic carbocycles. The first kappa shape index (κ1) is 18.4. The first-order chi connectivity index (χ1) is 12.4. The van der Waals surface area contributed by atoms with Crippen LogP contribution in [0.25, 0.3) is 0 Å². The largest absolute Gasteiger partial charge is 0.508 e. The fraction of sp³-hybridized carbons (Fsp3) is 0.526. The van der Waals surface area contributed by atoms with Gasteiger partial charge in [0.25, 0.3) is 0 Å². The van der Waals surface area contributed by atoms with E-state index >= 15 is 0 Å². The summed E-state index contributed by atoms with van der Waals surface area (Å²) in [5, 5.41) is 12.8. The molecule has 7 heteroatoms. The van der Waals surface area contributed by atoms with Gasteiger partial charge in [0.15, 0.2) is 0 Å². The maximum absolute atomic E-state index is 13.0. The average Bonchev–Trinajstić information content (AvgIpc) is 3.11. The zero-order valence-corrected chi connectivity index (χ0v) is 15.2. The standard InChI is InChI=1S/C19H24N2O5/c1-4-19(18(25)26-6-3)14-13(16(23)21(5-2)17(14)24)15(20-19)11-7-9-12(22)10-8-11/h7-10,13-15,20,22H,4-6H2,1-3H3/t13-,14+,15-,19+/m0/s1. The Bertz CT molecular complexity index is 732. The molecule has 2 fully saturated rings. The van der Waals surface area contributed by atoms with Gasteiger partial charge >= 0.3 is 5.97 Å². The van der Waals surface area contributed by atoms with Crippen LogP contribution in [0.1, 0.15) is 38.8 Å².